The van der Waals surface area contributed by atoms with Crippen molar-refractivity contribution in [3.63, 3.8) is 0 Å². The van der Waals surface area contributed by atoms with Gasteiger partial charge in [-0.1, -0.05) is 30.3 Å². The Hall–Kier alpha value is -2.74. The Kier molecular flexibility index (Phi) is 4.30. The molecule has 1 heterocycles. The summed E-state index contributed by atoms with van der Waals surface area (Å²) in [5, 5.41) is 2.67. The smallest absolute Gasteiger partial charge is 0.339 e. The third-order valence-electron chi connectivity index (χ3n) is 3.22. The zero-order valence-corrected chi connectivity index (χ0v) is 13.1. The van der Waals surface area contributed by atoms with Crippen LogP contribution in [0.15, 0.2) is 64.7 Å². The van der Waals surface area contributed by atoms with Gasteiger partial charge in [0, 0.05) is 29.9 Å². The first-order chi connectivity index (χ1) is 11.4. The van der Waals surface area contributed by atoms with Crippen LogP contribution >= 0.6 is 0 Å². The maximum Gasteiger partial charge on any atom is 0.343 e. The van der Waals surface area contributed by atoms with Crippen molar-refractivity contribution in [3.05, 3.63) is 77.5 Å². The van der Waals surface area contributed by atoms with Crippen molar-refractivity contribution in [1.82, 2.24) is 4.72 Å². The summed E-state index contributed by atoms with van der Waals surface area (Å²) in [6.45, 7) is 0. The lowest BCUT2D eigenvalue weighted by Crippen LogP contribution is -2.30. The first-order valence-electron chi connectivity index (χ1n) is 7.00. The predicted octanol–water partition coefficient (Wildman–Crippen LogP) is 2.75. The number of anilines is 1. The predicted molar refractivity (Wildman–Crippen MR) is 87.7 cm³/mol. The summed E-state index contributed by atoms with van der Waals surface area (Å²) in [5.41, 5.74) is 1.53. The molecule has 1 aliphatic rings. The summed E-state index contributed by atoms with van der Waals surface area (Å²) < 4.78 is 55.8. The van der Waals surface area contributed by atoms with Crippen molar-refractivity contribution in [1.29, 1.82) is 0 Å². The van der Waals surface area contributed by atoms with E-state index in [0.29, 0.717) is 12.1 Å². The molecule has 124 valence electrons. The highest BCUT2D eigenvalue weighted by atomic mass is 32.2. The van der Waals surface area contributed by atoms with Gasteiger partial charge in [0.05, 0.1) is 0 Å². The number of nitrogens with zero attached hydrogens (tertiary/aromatic N) is 1. The number of allylic oxidation sites excluding steroid dienone is 1. The molecular formula is C16H13F2N3O2S. The number of amidine groups is 1. The van der Waals surface area contributed by atoms with Crippen LogP contribution in [0.1, 0.15) is 5.56 Å². The van der Waals surface area contributed by atoms with Gasteiger partial charge in [-0.2, -0.15) is 8.42 Å². The molecular weight excluding hydrogens is 336 g/mol. The second kappa shape index (κ2) is 6.40. The average molecular weight is 349 g/mol. The Balaban J connectivity index is 1.85. The summed E-state index contributed by atoms with van der Waals surface area (Å²) in [5.74, 6) is -2.00. The number of rotatable bonds is 3. The van der Waals surface area contributed by atoms with E-state index in [-0.39, 0.29) is 11.5 Å². The summed E-state index contributed by atoms with van der Waals surface area (Å²) >= 11 is 0. The highest BCUT2D eigenvalue weighted by Crippen LogP contribution is 2.16. The summed E-state index contributed by atoms with van der Waals surface area (Å²) in [4.78, 5) is 0. The Bertz CT molecular complexity index is 926. The number of hydrogen-bond donors (Lipinski definition) is 2. The summed E-state index contributed by atoms with van der Waals surface area (Å²) in [7, 11) is -3.90. The molecule has 2 N–H and O–H groups in total. The van der Waals surface area contributed by atoms with Gasteiger partial charge in [0.25, 0.3) is 0 Å². The van der Waals surface area contributed by atoms with Gasteiger partial charge in [-0.15, -0.1) is 4.40 Å². The lowest BCUT2D eigenvalue weighted by molar-refractivity contribution is 0.509. The molecule has 0 fully saturated rings. The standard InChI is InChI=1S/C16H13F2N3O2S/c17-14-7-6-12(9-15(14)18)19-16-10-13(20-24(22,23)21-16)8-11-4-2-1-3-5-11/h1-7,9-10,20H,8H2,(H,19,21). The largest absolute Gasteiger partial charge is 0.343 e. The Morgan fingerprint density at radius 2 is 1.79 bits per heavy atom. The van der Waals surface area contributed by atoms with Crippen molar-refractivity contribution in [2.24, 2.45) is 4.40 Å². The van der Waals surface area contributed by atoms with Gasteiger partial charge in [0.1, 0.15) is 5.84 Å². The third kappa shape index (κ3) is 3.96. The van der Waals surface area contributed by atoms with Crippen molar-refractivity contribution >= 4 is 21.7 Å². The quantitative estimate of drug-likeness (QED) is 0.895. The van der Waals surface area contributed by atoms with E-state index in [1.54, 1.807) is 0 Å². The lowest BCUT2D eigenvalue weighted by Gasteiger charge is -2.16. The first kappa shape index (κ1) is 16.1. The molecule has 3 rings (SSSR count). The third-order valence-corrected chi connectivity index (χ3v) is 4.18. The van der Waals surface area contributed by atoms with Crippen LogP contribution in [0.4, 0.5) is 14.5 Å². The van der Waals surface area contributed by atoms with E-state index in [1.165, 1.54) is 12.1 Å². The van der Waals surface area contributed by atoms with E-state index in [0.717, 1.165) is 17.7 Å². The molecule has 0 aliphatic carbocycles. The highest BCUT2D eigenvalue weighted by Gasteiger charge is 2.18. The normalized spacial score (nSPS) is 15.9. The van der Waals surface area contributed by atoms with Crippen LogP contribution in [0.3, 0.4) is 0 Å². The minimum atomic E-state index is -3.90. The fourth-order valence-corrected chi connectivity index (χ4v) is 3.09. The molecule has 0 saturated heterocycles. The molecule has 2 aromatic rings. The van der Waals surface area contributed by atoms with E-state index in [2.05, 4.69) is 14.4 Å². The van der Waals surface area contributed by atoms with Crippen LogP contribution in [0, 0.1) is 11.6 Å². The van der Waals surface area contributed by atoms with E-state index in [4.69, 9.17) is 0 Å². The van der Waals surface area contributed by atoms with Crippen LogP contribution < -0.4 is 10.0 Å². The number of nitrogens with one attached hydrogen (secondary N) is 2. The van der Waals surface area contributed by atoms with Gasteiger partial charge in [0.15, 0.2) is 11.6 Å². The van der Waals surface area contributed by atoms with Crippen molar-refractivity contribution in [3.8, 4) is 0 Å². The van der Waals surface area contributed by atoms with Gasteiger partial charge in [0.2, 0.25) is 0 Å². The Morgan fingerprint density at radius 1 is 1.04 bits per heavy atom. The van der Waals surface area contributed by atoms with Crippen LogP contribution in [-0.4, -0.2) is 14.3 Å². The molecule has 0 radical (unpaired) electrons. The maximum absolute atomic E-state index is 13.2. The van der Waals surface area contributed by atoms with Crippen LogP contribution in [-0.2, 0) is 16.6 Å². The molecule has 0 bridgehead atoms. The molecule has 2 aromatic carbocycles. The highest BCUT2D eigenvalue weighted by molar-refractivity contribution is 7.88. The molecule has 24 heavy (non-hydrogen) atoms. The second-order valence-electron chi connectivity index (χ2n) is 5.14. The number of benzene rings is 2. The molecule has 0 unspecified atom stereocenters. The zero-order valence-electron chi connectivity index (χ0n) is 12.3. The lowest BCUT2D eigenvalue weighted by atomic mass is 10.1. The minimum absolute atomic E-state index is 0.0192. The Morgan fingerprint density at radius 3 is 2.50 bits per heavy atom. The van der Waals surface area contributed by atoms with Gasteiger partial charge < -0.3 is 5.32 Å². The molecule has 0 aromatic heterocycles. The molecule has 0 spiro atoms. The molecule has 5 nitrogen and oxygen atoms in total. The average Bonchev–Trinajstić information content (AvgIpc) is 2.50. The van der Waals surface area contributed by atoms with Gasteiger partial charge in [-0.25, -0.2) is 8.78 Å². The van der Waals surface area contributed by atoms with Crippen LogP contribution in [0.25, 0.3) is 0 Å². The van der Waals surface area contributed by atoms with Gasteiger partial charge in [-0.3, -0.25) is 4.72 Å². The second-order valence-corrected chi connectivity index (χ2v) is 6.48. The van der Waals surface area contributed by atoms with Gasteiger partial charge >= 0.3 is 10.2 Å². The SMILES string of the molecule is O=S1(=O)N=C(Nc2ccc(F)c(F)c2)C=C(Cc2ccccc2)N1. The minimum Gasteiger partial charge on any atom is -0.339 e. The van der Waals surface area contributed by atoms with E-state index in [9.17, 15) is 17.2 Å². The van der Waals surface area contributed by atoms with E-state index < -0.39 is 21.8 Å². The molecule has 1 aliphatic heterocycles. The fourth-order valence-electron chi connectivity index (χ4n) is 2.22. The summed E-state index contributed by atoms with van der Waals surface area (Å²) in [6, 6.07) is 12.5. The van der Waals surface area contributed by atoms with Crippen LogP contribution in [0.2, 0.25) is 0 Å². The fraction of sp³-hybridized carbons (Fsp3) is 0.0625. The monoisotopic (exact) mass is 349 g/mol. The number of halogens is 2. The Labute approximate surface area is 137 Å². The van der Waals surface area contributed by atoms with E-state index in [1.807, 2.05) is 30.3 Å². The zero-order chi connectivity index (χ0) is 17.2. The first-order valence-corrected chi connectivity index (χ1v) is 8.44. The molecule has 0 saturated carbocycles. The van der Waals surface area contributed by atoms with Gasteiger partial charge in [-0.05, 0) is 17.7 Å². The molecule has 0 amide bonds. The van der Waals surface area contributed by atoms with Crippen molar-refractivity contribution < 1.29 is 17.2 Å². The molecule has 8 heteroatoms. The molecule has 0 atom stereocenters. The summed E-state index contributed by atoms with van der Waals surface area (Å²) in [6.07, 6.45) is 1.87. The van der Waals surface area contributed by atoms with Crippen molar-refractivity contribution in [2.45, 2.75) is 6.42 Å². The van der Waals surface area contributed by atoms with Crippen molar-refractivity contribution in [2.75, 3.05) is 5.32 Å². The topological polar surface area (TPSA) is 70.6 Å². The number of hydrogen-bond acceptors (Lipinski definition) is 3. The maximum atomic E-state index is 13.2. The van der Waals surface area contributed by atoms with Crippen LogP contribution in [0.5, 0.6) is 0 Å². The van der Waals surface area contributed by atoms with E-state index >= 15 is 0 Å².